The first-order valence-electron chi connectivity index (χ1n) is 11.8. The maximum absolute atomic E-state index is 13.8. The quantitative estimate of drug-likeness (QED) is 0.436. The molecule has 0 amide bonds. The zero-order chi connectivity index (χ0) is 23.5. The molecule has 0 bridgehead atoms. The van der Waals surface area contributed by atoms with Crippen molar-refractivity contribution in [3.05, 3.63) is 111 Å². The van der Waals surface area contributed by atoms with Crippen LogP contribution in [0.1, 0.15) is 22.4 Å². The van der Waals surface area contributed by atoms with Crippen molar-refractivity contribution in [1.82, 2.24) is 19.4 Å². The summed E-state index contributed by atoms with van der Waals surface area (Å²) >= 11 is 0. The molecule has 5 rings (SSSR count). The van der Waals surface area contributed by atoms with Gasteiger partial charge in [-0.1, -0.05) is 29.8 Å². The van der Waals surface area contributed by atoms with Crippen LogP contribution in [0, 0.1) is 12.7 Å². The van der Waals surface area contributed by atoms with Gasteiger partial charge in [0.25, 0.3) is 5.56 Å². The van der Waals surface area contributed by atoms with Gasteiger partial charge in [0.05, 0.1) is 17.8 Å². The van der Waals surface area contributed by atoms with Crippen LogP contribution in [0.4, 0.5) is 4.39 Å². The molecule has 0 atom stereocenters. The molecule has 0 radical (unpaired) electrons. The van der Waals surface area contributed by atoms with Crippen molar-refractivity contribution in [2.45, 2.75) is 26.6 Å². The van der Waals surface area contributed by atoms with Gasteiger partial charge in [-0.2, -0.15) is 0 Å². The van der Waals surface area contributed by atoms with E-state index in [0.717, 1.165) is 66.0 Å². The van der Waals surface area contributed by atoms with E-state index in [9.17, 15) is 9.18 Å². The average Bonchev–Trinajstić information content (AvgIpc) is 2.83. The number of fused-ring (bicyclic) bond motifs is 1. The molecule has 0 saturated carbocycles. The standard InChI is InChI=1S/C28H29FN4O/c1-21-8-9-27-23(15-21)17-24(28(34)33(27)18-22-5-4-6-25(29)16-22)19-31-11-13-32(14-12-31)20-26-7-2-3-10-30-26/h2-10,15-17H,11-14,18-20H2,1H3. The molecular formula is C28H29FN4O. The molecule has 174 valence electrons. The molecule has 1 aliphatic heterocycles. The molecule has 0 unspecified atom stereocenters. The Morgan fingerprint density at radius 3 is 2.38 bits per heavy atom. The molecule has 3 heterocycles. The Kier molecular flexibility index (Phi) is 6.52. The zero-order valence-electron chi connectivity index (χ0n) is 19.5. The van der Waals surface area contributed by atoms with Gasteiger partial charge < -0.3 is 4.57 Å². The number of piperazine rings is 1. The summed E-state index contributed by atoms with van der Waals surface area (Å²) in [6.07, 6.45) is 1.84. The monoisotopic (exact) mass is 456 g/mol. The van der Waals surface area contributed by atoms with E-state index in [1.165, 1.54) is 12.1 Å². The Labute approximate surface area is 199 Å². The van der Waals surface area contributed by atoms with Crippen LogP contribution in [0.2, 0.25) is 0 Å². The van der Waals surface area contributed by atoms with Gasteiger partial charge in [0.1, 0.15) is 5.82 Å². The molecule has 4 aromatic rings. The number of aryl methyl sites for hydroxylation is 1. The number of hydrogen-bond acceptors (Lipinski definition) is 4. The molecular weight excluding hydrogens is 427 g/mol. The highest BCUT2D eigenvalue weighted by Gasteiger charge is 2.19. The molecule has 5 nitrogen and oxygen atoms in total. The Balaban J connectivity index is 1.37. The molecule has 0 spiro atoms. The van der Waals surface area contributed by atoms with Gasteiger partial charge in [0.2, 0.25) is 0 Å². The number of aromatic nitrogens is 2. The Hall–Kier alpha value is -3.35. The lowest BCUT2D eigenvalue weighted by Gasteiger charge is -2.34. The predicted molar refractivity (Wildman–Crippen MR) is 133 cm³/mol. The van der Waals surface area contributed by atoms with E-state index in [1.54, 1.807) is 10.6 Å². The lowest BCUT2D eigenvalue weighted by atomic mass is 10.1. The number of pyridine rings is 2. The van der Waals surface area contributed by atoms with Crippen LogP contribution in [0.3, 0.4) is 0 Å². The first-order valence-corrected chi connectivity index (χ1v) is 11.8. The third-order valence-electron chi connectivity index (χ3n) is 6.52. The van der Waals surface area contributed by atoms with Crippen molar-refractivity contribution in [2.75, 3.05) is 26.2 Å². The number of rotatable bonds is 6. The third kappa shape index (κ3) is 5.08. The number of halogens is 1. The molecule has 1 aliphatic rings. The van der Waals surface area contributed by atoms with Crippen molar-refractivity contribution in [3.63, 3.8) is 0 Å². The second kappa shape index (κ2) is 9.87. The second-order valence-corrected chi connectivity index (χ2v) is 9.13. The number of hydrogen-bond donors (Lipinski definition) is 0. The van der Waals surface area contributed by atoms with Gasteiger partial charge in [-0.3, -0.25) is 19.6 Å². The molecule has 34 heavy (non-hydrogen) atoms. The molecule has 0 aliphatic carbocycles. The van der Waals surface area contributed by atoms with Crippen LogP contribution >= 0.6 is 0 Å². The van der Waals surface area contributed by atoms with Crippen LogP contribution in [0.25, 0.3) is 10.9 Å². The second-order valence-electron chi connectivity index (χ2n) is 9.13. The molecule has 2 aromatic heterocycles. The summed E-state index contributed by atoms with van der Waals surface area (Å²) in [7, 11) is 0. The lowest BCUT2D eigenvalue weighted by Crippen LogP contribution is -2.46. The normalized spacial score (nSPS) is 15.1. The Morgan fingerprint density at radius 2 is 1.65 bits per heavy atom. The summed E-state index contributed by atoms with van der Waals surface area (Å²) < 4.78 is 15.6. The zero-order valence-corrected chi connectivity index (χ0v) is 19.5. The maximum Gasteiger partial charge on any atom is 0.255 e. The summed E-state index contributed by atoms with van der Waals surface area (Å²) in [4.78, 5) is 22.7. The van der Waals surface area contributed by atoms with E-state index >= 15 is 0 Å². The summed E-state index contributed by atoms with van der Waals surface area (Å²) in [6, 6.07) is 20.7. The Bertz CT molecular complexity index is 1340. The fourth-order valence-corrected chi connectivity index (χ4v) is 4.72. The van der Waals surface area contributed by atoms with E-state index in [-0.39, 0.29) is 11.4 Å². The predicted octanol–water partition coefficient (Wildman–Crippen LogP) is 4.21. The summed E-state index contributed by atoms with van der Waals surface area (Å²) in [6.45, 7) is 7.57. The maximum atomic E-state index is 13.8. The summed E-state index contributed by atoms with van der Waals surface area (Å²) in [5.41, 5.74) is 4.68. The van der Waals surface area contributed by atoms with E-state index < -0.39 is 0 Å². The third-order valence-corrected chi connectivity index (χ3v) is 6.52. The van der Waals surface area contributed by atoms with Crippen LogP contribution in [-0.4, -0.2) is 45.5 Å². The minimum Gasteiger partial charge on any atom is -0.304 e. The smallest absolute Gasteiger partial charge is 0.255 e. The van der Waals surface area contributed by atoms with Gasteiger partial charge >= 0.3 is 0 Å². The highest BCUT2D eigenvalue weighted by atomic mass is 19.1. The van der Waals surface area contributed by atoms with Gasteiger partial charge in [0, 0.05) is 51.0 Å². The van der Waals surface area contributed by atoms with Gasteiger partial charge in [-0.25, -0.2) is 4.39 Å². The van der Waals surface area contributed by atoms with Gasteiger partial charge in [0.15, 0.2) is 0 Å². The SMILES string of the molecule is Cc1ccc2c(c1)cc(CN1CCN(Cc3ccccn3)CC1)c(=O)n2Cc1cccc(F)c1. The first-order chi connectivity index (χ1) is 16.5. The van der Waals surface area contributed by atoms with Crippen LogP contribution in [0.15, 0.2) is 77.7 Å². The highest BCUT2D eigenvalue weighted by Crippen LogP contribution is 2.19. The van der Waals surface area contributed by atoms with Crippen molar-refractivity contribution < 1.29 is 4.39 Å². The highest BCUT2D eigenvalue weighted by molar-refractivity contribution is 5.80. The van der Waals surface area contributed by atoms with Crippen molar-refractivity contribution in [2.24, 2.45) is 0 Å². The fraction of sp³-hybridized carbons (Fsp3) is 0.286. The molecule has 1 fully saturated rings. The topological polar surface area (TPSA) is 41.4 Å². The van der Waals surface area contributed by atoms with Crippen LogP contribution in [0.5, 0.6) is 0 Å². The number of nitrogens with zero attached hydrogens (tertiary/aromatic N) is 4. The summed E-state index contributed by atoms with van der Waals surface area (Å²) in [5, 5.41) is 1.04. The molecule has 0 N–H and O–H groups in total. The molecule has 2 aromatic carbocycles. The average molecular weight is 457 g/mol. The lowest BCUT2D eigenvalue weighted by molar-refractivity contribution is 0.120. The van der Waals surface area contributed by atoms with Gasteiger partial charge in [-0.15, -0.1) is 0 Å². The van der Waals surface area contributed by atoms with E-state index in [4.69, 9.17) is 0 Å². The van der Waals surface area contributed by atoms with E-state index in [2.05, 4.69) is 33.8 Å². The minimum atomic E-state index is -0.287. The number of benzene rings is 2. The van der Waals surface area contributed by atoms with Crippen molar-refractivity contribution in [3.8, 4) is 0 Å². The summed E-state index contributed by atoms with van der Waals surface area (Å²) in [5.74, 6) is -0.287. The minimum absolute atomic E-state index is 0.00321. The Morgan fingerprint density at radius 1 is 0.853 bits per heavy atom. The fourth-order valence-electron chi connectivity index (χ4n) is 4.72. The van der Waals surface area contributed by atoms with Crippen LogP contribution in [-0.2, 0) is 19.6 Å². The largest absolute Gasteiger partial charge is 0.304 e. The van der Waals surface area contributed by atoms with Crippen LogP contribution < -0.4 is 5.56 Å². The first kappa shape index (κ1) is 22.4. The van der Waals surface area contributed by atoms with Gasteiger partial charge in [-0.05, 0) is 60.3 Å². The van der Waals surface area contributed by atoms with Crippen molar-refractivity contribution >= 4 is 10.9 Å². The molecule has 1 saturated heterocycles. The van der Waals surface area contributed by atoms with E-state index in [1.807, 2.05) is 42.6 Å². The van der Waals surface area contributed by atoms with E-state index in [0.29, 0.717) is 13.1 Å². The molecule has 6 heteroatoms. The van der Waals surface area contributed by atoms with Crippen molar-refractivity contribution in [1.29, 1.82) is 0 Å².